The lowest BCUT2D eigenvalue weighted by Crippen LogP contribution is -2.62. The van der Waals surface area contributed by atoms with Gasteiger partial charge in [0.1, 0.15) is 0 Å². The predicted molar refractivity (Wildman–Crippen MR) is 85.1 cm³/mol. The smallest absolute Gasteiger partial charge is 0.0589 e. The van der Waals surface area contributed by atoms with Crippen LogP contribution >= 0.6 is 0 Å². The van der Waals surface area contributed by atoms with Crippen LogP contribution in [0.1, 0.15) is 73.1 Å². The lowest BCUT2D eigenvalue weighted by Gasteiger charge is -2.48. The molecule has 2 saturated heterocycles. The summed E-state index contributed by atoms with van der Waals surface area (Å²) in [7, 11) is 0. The van der Waals surface area contributed by atoms with Gasteiger partial charge in [0.05, 0.1) is 6.10 Å². The van der Waals surface area contributed by atoms with Gasteiger partial charge in [-0.3, -0.25) is 0 Å². The maximum absolute atomic E-state index is 5.87. The third kappa shape index (κ3) is 4.71. The van der Waals surface area contributed by atoms with Gasteiger partial charge in [-0.1, -0.05) is 13.3 Å². The molecule has 0 spiro atoms. The summed E-state index contributed by atoms with van der Waals surface area (Å²) in [6.07, 6.45) is 7.71. The third-order valence-electron chi connectivity index (χ3n) is 4.64. The van der Waals surface area contributed by atoms with Gasteiger partial charge >= 0.3 is 0 Å². The number of nitrogens with one attached hydrogen (secondary N) is 2. The Hall–Kier alpha value is -0.120. The Balaban J connectivity index is 1.88. The maximum Gasteiger partial charge on any atom is 0.0589 e. The van der Waals surface area contributed by atoms with E-state index in [4.69, 9.17) is 4.74 Å². The Bertz CT molecular complexity index is 296. The molecule has 2 atom stereocenters. The van der Waals surface area contributed by atoms with Crippen molar-refractivity contribution in [3.8, 4) is 0 Å². The predicted octanol–water partition coefficient (Wildman–Crippen LogP) is 3.23. The molecule has 3 nitrogen and oxygen atoms in total. The van der Waals surface area contributed by atoms with Crippen LogP contribution in [0.3, 0.4) is 0 Å². The molecule has 0 saturated carbocycles. The van der Waals surface area contributed by atoms with E-state index in [1.54, 1.807) is 0 Å². The van der Waals surface area contributed by atoms with Gasteiger partial charge in [-0.25, -0.2) is 0 Å². The fraction of sp³-hybridized carbons (Fsp3) is 1.00. The molecule has 3 heteroatoms. The fourth-order valence-electron chi connectivity index (χ4n) is 4.33. The standard InChI is InChI=1S/C17H34N2O/c1-6-7-15-10-13(8-9-20-15)18-14-11-16(2,3)19-17(4,5)12-14/h13-15,18-19H,6-12H2,1-5H3. The van der Waals surface area contributed by atoms with Crippen molar-refractivity contribution in [2.24, 2.45) is 0 Å². The van der Waals surface area contributed by atoms with Crippen LogP contribution in [0.2, 0.25) is 0 Å². The first-order valence-corrected chi connectivity index (χ1v) is 8.47. The lowest BCUT2D eigenvalue weighted by atomic mass is 9.79. The molecule has 0 aliphatic carbocycles. The molecule has 2 unspecified atom stereocenters. The second kappa shape index (κ2) is 6.33. The van der Waals surface area contributed by atoms with E-state index in [0.29, 0.717) is 18.2 Å². The van der Waals surface area contributed by atoms with Crippen LogP contribution in [0.4, 0.5) is 0 Å². The molecular formula is C17H34N2O. The fourth-order valence-corrected chi connectivity index (χ4v) is 4.33. The molecule has 2 fully saturated rings. The van der Waals surface area contributed by atoms with E-state index < -0.39 is 0 Å². The normalized spacial score (nSPS) is 34.0. The van der Waals surface area contributed by atoms with E-state index in [2.05, 4.69) is 45.3 Å². The highest BCUT2D eigenvalue weighted by atomic mass is 16.5. The second-order valence-corrected chi connectivity index (χ2v) is 8.17. The Morgan fingerprint density at radius 3 is 2.35 bits per heavy atom. The Kier molecular flexibility index (Phi) is 5.14. The molecule has 20 heavy (non-hydrogen) atoms. The van der Waals surface area contributed by atoms with Crippen molar-refractivity contribution in [3.05, 3.63) is 0 Å². The summed E-state index contributed by atoms with van der Waals surface area (Å²) in [6, 6.07) is 1.28. The molecule has 2 rings (SSSR count). The van der Waals surface area contributed by atoms with Crippen molar-refractivity contribution in [3.63, 3.8) is 0 Å². The SMILES string of the molecule is CCCC1CC(NC2CC(C)(C)NC(C)(C)C2)CCO1. The largest absolute Gasteiger partial charge is 0.378 e. The van der Waals surface area contributed by atoms with E-state index in [1.165, 1.54) is 38.5 Å². The van der Waals surface area contributed by atoms with Gasteiger partial charge in [-0.2, -0.15) is 0 Å². The first-order valence-electron chi connectivity index (χ1n) is 8.47. The first kappa shape index (κ1) is 16.3. The van der Waals surface area contributed by atoms with Crippen LogP contribution in [0, 0.1) is 0 Å². The minimum atomic E-state index is 0.230. The van der Waals surface area contributed by atoms with Crippen LogP contribution in [0.25, 0.3) is 0 Å². The number of hydrogen-bond donors (Lipinski definition) is 2. The molecule has 0 aromatic rings. The van der Waals surface area contributed by atoms with E-state index in [-0.39, 0.29) is 11.1 Å². The molecule has 2 N–H and O–H groups in total. The highest BCUT2D eigenvalue weighted by Gasteiger charge is 2.38. The number of hydrogen-bond acceptors (Lipinski definition) is 3. The zero-order valence-electron chi connectivity index (χ0n) is 14.1. The summed E-state index contributed by atoms with van der Waals surface area (Å²) in [6.45, 7) is 12.5. The molecule has 0 aromatic carbocycles. The minimum absolute atomic E-state index is 0.230. The van der Waals surface area contributed by atoms with Gasteiger partial charge in [0, 0.05) is 29.8 Å². The molecule has 0 amide bonds. The zero-order chi connectivity index (χ0) is 14.8. The summed E-state index contributed by atoms with van der Waals surface area (Å²) in [5.74, 6) is 0. The number of rotatable bonds is 4. The summed E-state index contributed by atoms with van der Waals surface area (Å²) >= 11 is 0. The van der Waals surface area contributed by atoms with Crippen molar-refractivity contribution < 1.29 is 4.74 Å². The highest BCUT2D eigenvalue weighted by Crippen LogP contribution is 2.29. The first-order chi connectivity index (χ1) is 9.30. The van der Waals surface area contributed by atoms with Gasteiger partial charge in [0.25, 0.3) is 0 Å². The second-order valence-electron chi connectivity index (χ2n) is 8.17. The summed E-state index contributed by atoms with van der Waals surface area (Å²) < 4.78 is 5.87. The van der Waals surface area contributed by atoms with Crippen LogP contribution in [0.5, 0.6) is 0 Å². The van der Waals surface area contributed by atoms with Crippen molar-refractivity contribution >= 4 is 0 Å². The quantitative estimate of drug-likeness (QED) is 0.830. The van der Waals surface area contributed by atoms with E-state index >= 15 is 0 Å². The van der Waals surface area contributed by atoms with Crippen molar-refractivity contribution in [2.75, 3.05) is 6.61 Å². The minimum Gasteiger partial charge on any atom is -0.378 e. The van der Waals surface area contributed by atoms with Crippen LogP contribution < -0.4 is 10.6 Å². The highest BCUT2D eigenvalue weighted by molar-refractivity contribution is 5.00. The van der Waals surface area contributed by atoms with Crippen molar-refractivity contribution in [1.29, 1.82) is 0 Å². The van der Waals surface area contributed by atoms with Gasteiger partial charge in [0.15, 0.2) is 0 Å². The Labute approximate surface area is 125 Å². The Morgan fingerprint density at radius 2 is 1.75 bits per heavy atom. The van der Waals surface area contributed by atoms with E-state index in [9.17, 15) is 0 Å². The summed E-state index contributed by atoms with van der Waals surface area (Å²) in [5.41, 5.74) is 0.459. The molecule has 0 radical (unpaired) electrons. The molecule has 118 valence electrons. The maximum atomic E-state index is 5.87. The number of piperidine rings is 1. The van der Waals surface area contributed by atoms with E-state index in [1.807, 2.05) is 0 Å². The average molecular weight is 282 g/mol. The average Bonchev–Trinajstić information content (AvgIpc) is 2.25. The van der Waals surface area contributed by atoms with Gasteiger partial charge < -0.3 is 15.4 Å². The van der Waals surface area contributed by atoms with Crippen LogP contribution in [-0.4, -0.2) is 35.9 Å². The van der Waals surface area contributed by atoms with Gasteiger partial charge in [-0.15, -0.1) is 0 Å². The Morgan fingerprint density at radius 1 is 1.10 bits per heavy atom. The molecule has 2 heterocycles. The molecule has 2 aliphatic rings. The molecule has 2 aliphatic heterocycles. The van der Waals surface area contributed by atoms with Crippen LogP contribution in [-0.2, 0) is 4.74 Å². The van der Waals surface area contributed by atoms with E-state index in [0.717, 1.165) is 6.61 Å². The third-order valence-corrected chi connectivity index (χ3v) is 4.64. The number of ether oxygens (including phenoxy) is 1. The monoisotopic (exact) mass is 282 g/mol. The lowest BCUT2D eigenvalue weighted by molar-refractivity contribution is -0.00799. The molecule has 0 aromatic heterocycles. The van der Waals surface area contributed by atoms with Crippen molar-refractivity contribution in [1.82, 2.24) is 10.6 Å². The van der Waals surface area contributed by atoms with Crippen LogP contribution in [0.15, 0.2) is 0 Å². The topological polar surface area (TPSA) is 33.3 Å². The molecule has 0 bridgehead atoms. The summed E-state index contributed by atoms with van der Waals surface area (Å²) in [5, 5.41) is 7.70. The van der Waals surface area contributed by atoms with Crippen molar-refractivity contribution in [2.45, 2.75) is 102 Å². The van der Waals surface area contributed by atoms with Gasteiger partial charge in [0.2, 0.25) is 0 Å². The zero-order valence-corrected chi connectivity index (χ0v) is 14.1. The van der Waals surface area contributed by atoms with Gasteiger partial charge in [-0.05, 0) is 59.8 Å². The molecular weight excluding hydrogens is 248 g/mol. The summed E-state index contributed by atoms with van der Waals surface area (Å²) in [4.78, 5) is 0.